The number of aromatic nitrogens is 1. The molecule has 0 radical (unpaired) electrons. The number of piperazine rings is 1. The molecule has 0 bridgehead atoms. The smallest absolute Gasteiger partial charge is 0.130 e. The number of nitrogens with one attached hydrogen (secondary N) is 1. The lowest BCUT2D eigenvalue weighted by molar-refractivity contribution is 0.313. The van der Waals surface area contributed by atoms with Crippen molar-refractivity contribution in [2.24, 2.45) is 10.7 Å². The van der Waals surface area contributed by atoms with Gasteiger partial charge in [0.15, 0.2) is 0 Å². The predicted octanol–water partition coefficient (Wildman–Crippen LogP) is 4.81. The summed E-state index contributed by atoms with van der Waals surface area (Å²) in [7, 11) is 2.17. The van der Waals surface area contributed by atoms with Gasteiger partial charge >= 0.3 is 0 Å². The van der Waals surface area contributed by atoms with Crippen LogP contribution in [0.3, 0.4) is 0 Å². The SMILES string of the molecule is C=C(Nc1cc2cc(/C(C)=C/N=C(C)N)ccc2cn1)c1cccc(N2CCN(C)CC2)c1. The molecule has 1 fully saturated rings. The first-order chi connectivity index (χ1) is 15.9. The lowest BCUT2D eigenvalue weighted by Crippen LogP contribution is -2.44. The summed E-state index contributed by atoms with van der Waals surface area (Å²) in [5.74, 6) is 1.31. The number of likely N-dealkylation sites (N-methyl/N-ethyl adjacent to an activating group) is 1. The van der Waals surface area contributed by atoms with Crippen LogP contribution in [0.2, 0.25) is 0 Å². The van der Waals surface area contributed by atoms with Gasteiger partial charge in [-0.05, 0) is 67.2 Å². The van der Waals surface area contributed by atoms with Crippen LogP contribution in [0.1, 0.15) is 25.0 Å². The van der Waals surface area contributed by atoms with Gasteiger partial charge in [-0.3, -0.25) is 0 Å². The first kappa shape index (κ1) is 22.6. The molecule has 33 heavy (non-hydrogen) atoms. The molecular weight excluding hydrogens is 408 g/mol. The van der Waals surface area contributed by atoms with Crippen LogP contribution in [0.4, 0.5) is 11.5 Å². The van der Waals surface area contributed by atoms with Gasteiger partial charge in [-0.1, -0.05) is 30.8 Å². The number of pyridine rings is 1. The fourth-order valence-corrected chi connectivity index (χ4v) is 3.91. The van der Waals surface area contributed by atoms with E-state index in [0.717, 1.165) is 65.2 Å². The first-order valence-electron chi connectivity index (χ1n) is 11.3. The van der Waals surface area contributed by atoms with Crippen LogP contribution in [0.25, 0.3) is 22.0 Å². The minimum atomic E-state index is 0.543. The van der Waals surface area contributed by atoms with Crippen LogP contribution in [-0.4, -0.2) is 48.9 Å². The Morgan fingerprint density at radius 3 is 2.58 bits per heavy atom. The largest absolute Gasteiger partial charge is 0.387 e. The van der Waals surface area contributed by atoms with Gasteiger partial charge in [0.1, 0.15) is 5.82 Å². The van der Waals surface area contributed by atoms with E-state index in [4.69, 9.17) is 5.73 Å². The Balaban J connectivity index is 1.52. The van der Waals surface area contributed by atoms with Crippen molar-refractivity contribution in [2.45, 2.75) is 13.8 Å². The highest BCUT2D eigenvalue weighted by molar-refractivity contribution is 5.89. The van der Waals surface area contributed by atoms with Gasteiger partial charge in [-0.2, -0.15) is 0 Å². The molecule has 4 rings (SSSR count). The van der Waals surface area contributed by atoms with Gasteiger partial charge in [-0.15, -0.1) is 0 Å². The monoisotopic (exact) mass is 440 g/mol. The van der Waals surface area contributed by atoms with Gasteiger partial charge in [0.05, 0.1) is 5.84 Å². The number of hydrogen-bond acceptors (Lipinski definition) is 5. The van der Waals surface area contributed by atoms with Crippen molar-refractivity contribution in [1.29, 1.82) is 0 Å². The lowest BCUT2D eigenvalue weighted by atomic mass is 10.0. The Hall–Kier alpha value is -3.64. The second-order valence-corrected chi connectivity index (χ2v) is 8.66. The summed E-state index contributed by atoms with van der Waals surface area (Å²) < 4.78 is 0. The van der Waals surface area contributed by atoms with Crippen molar-refractivity contribution < 1.29 is 0 Å². The van der Waals surface area contributed by atoms with Gasteiger partial charge in [0, 0.05) is 55.3 Å². The number of amidine groups is 1. The second-order valence-electron chi connectivity index (χ2n) is 8.66. The van der Waals surface area contributed by atoms with E-state index in [2.05, 4.69) is 87.3 Å². The molecule has 1 saturated heterocycles. The summed E-state index contributed by atoms with van der Waals surface area (Å²) in [4.78, 5) is 13.6. The van der Waals surface area contributed by atoms with Crippen molar-refractivity contribution in [2.75, 3.05) is 43.4 Å². The molecule has 170 valence electrons. The minimum Gasteiger partial charge on any atom is -0.387 e. The molecule has 6 nitrogen and oxygen atoms in total. The molecular formula is C27H32N6. The Bertz CT molecular complexity index is 1210. The zero-order valence-electron chi connectivity index (χ0n) is 19.7. The molecule has 1 aromatic heterocycles. The number of rotatable bonds is 6. The highest BCUT2D eigenvalue weighted by Crippen LogP contribution is 2.26. The van der Waals surface area contributed by atoms with Crippen molar-refractivity contribution in [1.82, 2.24) is 9.88 Å². The van der Waals surface area contributed by atoms with E-state index < -0.39 is 0 Å². The summed E-state index contributed by atoms with van der Waals surface area (Å²) in [6.45, 7) is 12.3. The van der Waals surface area contributed by atoms with Crippen molar-refractivity contribution in [3.05, 3.63) is 78.6 Å². The highest BCUT2D eigenvalue weighted by Gasteiger charge is 2.15. The summed E-state index contributed by atoms with van der Waals surface area (Å²) in [5.41, 5.74) is 10.9. The highest BCUT2D eigenvalue weighted by atomic mass is 15.2. The van der Waals surface area contributed by atoms with Gasteiger partial charge < -0.3 is 20.9 Å². The molecule has 2 aromatic carbocycles. The average Bonchev–Trinajstić information content (AvgIpc) is 2.82. The number of fused-ring (bicyclic) bond motifs is 1. The van der Waals surface area contributed by atoms with E-state index in [1.54, 1.807) is 13.1 Å². The van der Waals surface area contributed by atoms with Crippen molar-refractivity contribution in [3.8, 4) is 0 Å². The molecule has 6 heteroatoms. The zero-order valence-corrected chi connectivity index (χ0v) is 19.7. The molecule has 2 heterocycles. The van der Waals surface area contributed by atoms with E-state index in [1.807, 2.05) is 13.1 Å². The molecule has 0 amide bonds. The molecule has 0 aliphatic carbocycles. The Morgan fingerprint density at radius 1 is 1.03 bits per heavy atom. The van der Waals surface area contributed by atoms with Crippen LogP contribution in [-0.2, 0) is 0 Å². The maximum Gasteiger partial charge on any atom is 0.130 e. The number of nitrogens with two attached hydrogens (primary N) is 1. The summed E-state index contributed by atoms with van der Waals surface area (Å²) in [5, 5.41) is 5.57. The fraction of sp³-hybridized carbons (Fsp3) is 0.259. The molecule has 3 aromatic rings. The molecule has 0 unspecified atom stereocenters. The number of nitrogens with zero attached hydrogens (tertiary/aromatic N) is 4. The van der Waals surface area contributed by atoms with Crippen LogP contribution in [0, 0.1) is 0 Å². The topological polar surface area (TPSA) is 69.8 Å². The summed E-state index contributed by atoms with van der Waals surface area (Å²) in [6.07, 6.45) is 3.68. The van der Waals surface area contributed by atoms with Crippen LogP contribution >= 0.6 is 0 Å². The third-order valence-corrected chi connectivity index (χ3v) is 5.98. The normalized spacial score (nSPS) is 15.7. The fourth-order valence-electron chi connectivity index (χ4n) is 3.91. The van der Waals surface area contributed by atoms with E-state index in [-0.39, 0.29) is 0 Å². The van der Waals surface area contributed by atoms with E-state index >= 15 is 0 Å². The number of benzene rings is 2. The van der Waals surface area contributed by atoms with Gasteiger partial charge in [0.25, 0.3) is 0 Å². The molecule has 3 N–H and O–H groups in total. The Morgan fingerprint density at radius 2 is 1.82 bits per heavy atom. The van der Waals surface area contributed by atoms with Crippen LogP contribution < -0.4 is 16.0 Å². The van der Waals surface area contributed by atoms with Crippen molar-refractivity contribution in [3.63, 3.8) is 0 Å². The summed E-state index contributed by atoms with van der Waals surface area (Å²) >= 11 is 0. The minimum absolute atomic E-state index is 0.543. The van der Waals surface area contributed by atoms with E-state index in [0.29, 0.717) is 5.84 Å². The number of anilines is 2. The third kappa shape index (κ3) is 5.59. The molecule has 0 saturated carbocycles. The van der Waals surface area contributed by atoms with Gasteiger partial charge in [-0.25, -0.2) is 9.98 Å². The van der Waals surface area contributed by atoms with E-state index in [9.17, 15) is 0 Å². The molecule has 1 aliphatic rings. The maximum atomic E-state index is 5.66. The van der Waals surface area contributed by atoms with Gasteiger partial charge in [0.2, 0.25) is 0 Å². The second kappa shape index (κ2) is 9.88. The van der Waals surface area contributed by atoms with Crippen LogP contribution in [0.15, 0.2) is 72.5 Å². The first-order valence-corrected chi connectivity index (χ1v) is 11.3. The van der Waals surface area contributed by atoms with E-state index in [1.165, 1.54) is 5.69 Å². The van der Waals surface area contributed by atoms with Crippen molar-refractivity contribution >= 4 is 39.4 Å². The number of hydrogen-bond donors (Lipinski definition) is 2. The number of allylic oxidation sites excluding steroid dienone is 1. The quantitative estimate of drug-likeness (QED) is 0.425. The molecule has 1 aliphatic heterocycles. The number of aliphatic imine (C=N–C) groups is 1. The van der Waals surface area contributed by atoms with Crippen LogP contribution in [0.5, 0.6) is 0 Å². The predicted molar refractivity (Wildman–Crippen MR) is 141 cm³/mol. The standard InChI is InChI=1S/C27H32N6/c1-19(17-29-21(3)28)22-8-9-24-18-30-27(16-25(24)14-22)31-20(2)23-6-5-7-26(15-23)33-12-10-32(4)11-13-33/h5-9,14-18H,2,10-13H2,1,3-4H3,(H2,28,29)(H,30,31)/b19-17+. The summed E-state index contributed by atoms with van der Waals surface area (Å²) in [6, 6.07) is 16.9. The Kier molecular flexibility index (Phi) is 6.75. The third-order valence-electron chi connectivity index (χ3n) is 5.98. The zero-order chi connectivity index (χ0) is 23.4. The Labute approximate surface area is 196 Å². The molecule has 0 atom stereocenters. The maximum absolute atomic E-state index is 5.66. The molecule has 0 spiro atoms. The average molecular weight is 441 g/mol. The lowest BCUT2D eigenvalue weighted by Gasteiger charge is -2.34.